The summed E-state index contributed by atoms with van der Waals surface area (Å²) in [5.74, 6) is -0.255. The van der Waals surface area contributed by atoms with Gasteiger partial charge in [-0.05, 0) is 42.3 Å². The maximum absolute atomic E-state index is 12.3. The summed E-state index contributed by atoms with van der Waals surface area (Å²) in [5, 5.41) is 3.33. The zero-order chi connectivity index (χ0) is 21.5. The van der Waals surface area contributed by atoms with Crippen molar-refractivity contribution in [3.8, 4) is 11.3 Å². The van der Waals surface area contributed by atoms with E-state index in [1.165, 1.54) is 13.1 Å². The predicted octanol–water partition coefficient (Wildman–Crippen LogP) is 4.49. The highest BCUT2D eigenvalue weighted by Gasteiger charge is 2.15. The summed E-state index contributed by atoms with van der Waals surface area (Å²) in [7, 11) is 0. The van der Waals surface area contributed by atoms with Gasteiger partial charge in [0, 0.05) is 44.2 Å². The van der Waals surface area contributed by atoms with Crippen molar-refractivity contribution < 1.29 is 9.59 Å². The number of amides is 2. The topological polar surface area (TPSA) is 75.2 Å². The van der Waals surface area contributed by atoms with Gasteiger partial charge in [0.2, 0.25) is 5.91 Å². The number of nitrogens with zero attached hydrogens (tertiary/aromatic N) is 3. The average Bonchev–Trinajstić information content (AvgIpc) is 2.77. The lowest BCUT2D eigenvalue weighted by Gasteiger charge is -2.22. The first kappa shape index (κ1) is 21.5. The molecule has 0 spiro atoms. The van der Waals surface area contributed by atoms with Gasteiger partial charge in [-0.1, -0.05) is 30.7 Å². The van der Waals surface area contributed by atoms with Crippen LogP contribution >= 0.6 is 11.6 Å². The quantitative estimate of drug-likeness (QED) is 0.608. The van der Waals surface area contributed by atoms with Crippen LogP contribution in [0.5, 0.6) is 0 Å². The van der Waals surface area contributed by atoms with Crippen molar-refractivity contribution in [2.24, 2.45) is 0 Å². The molecule has 0 aliphatic carbocycles. The van der Waals surface area contributed by atoms with Crippen LogP contribution in [0.25, 0.3) is 11.3 Å². The average molecular weight is 423 g/mol. The molecule has 154 valence electrons. The fraction of sp³-hybridized carbons (Fsp3) is 0.217. The van der Waals surface area contributed by atoms with Crippen LogP contribution in [0.2, 0.25) is 5.02 Å². The van der Waals surface area contributed by atoms with E-state index in [2.05, 4.69) is 15.3 Å². The van der Waals surface area contributed by atoms with Gasteiger partial charge in [-0.2, -0.15) is 0 Å². The summed E-state index contributed by atoms with van der Waals surface area (Å²) >= 11 is 6.44. The van der Waals surface area contributed by atoms with Gasteiger partial charge in [-0.25, -0.2) is 0 Å². The first-order valence-electron chi connectivity index (χ1n) is 9.70. The number of hydrogen-bond acceptors (Lipinski definition) is 4. The Hall–Kier alpha value is -3.25. The van der Waals surface area contributed by atoms with Gasteiger partial charge in [0.15, 0.2) is 0 Å². The van der Waals surface area contributed by atoms with Crippen LogP contribution in [0.1, 0.15) is 36.2 Å². The third-order valence-electron chi connectivity index (χ3n) is 4.56. The smallest absolute Gasteiger partial charge is 0.253 e. The summed E-state index contributed by atoms with van der Waals surface area (Å²) in [5.41, 5.74) is 3.58. The molecule has 0 atom stereocenters. The van der Waals surface area contributed by atoms with Gasteiger partial charge < -0.3 is 10.2 Å². The lowest BCUT2D eigenvalue weighted by atomic mass is 10.1. The third-order valence-corrected chi connectivity index (χ3v) is 4.87. The molecule has 0 bridgehead atoms. The number of carbonyl (C=O) groups excluding carboxylic acids is 2. The van der Waals surface area contributed by atoms with E-state index in [4.69, 9.17) is 11.6 Å². The van der Waals surface area contributed by atoms with Crippen LogP contribution in [-0.4, -0.2) is 28.3 Å². The number of hydrogen-bond donors (Lipinski definition) is 1. The summed E-state index contributed by atoms with van der Waals surface area (Å²) in [6.07, 6.45) is 5.77. The number of halogens is 1. The lowest BCUT2D eigenvalue weighted by Crippen LogP contribution is -2.29. The lowest BCUT2D eigenvalue weighted by molar-refractivity contribution is -0.116. The molecule has 0 aliphatic heterocycles. The van der Waals surface area contributed by atoms with E-state index in [-0.39, 0.29) is 11.8 Å². The van der Waals surface area contributed by atoms with Gasteiger partial charge >= 0.3 is 0 Å². The van der Waals surface area contributed by atoms with Gasteiger partial charge in [-0.15, -0.1) is 0 Å². The molecule has 2 aromatic heterocycles. The molecule has 0 unspecified atom stereocenters. The Bertz CT molecular complexity index is 1020. The van der Waals surface area contributed by atoms with Crippen molar-refractivity contribution in [3.05, 3.63) is 77.2 Å². The third kappa shape index (κ3) is 5.21. The molecule has 30 heavy (non-hydrogen) atoms. The summed E-state index contributed by atoms with van der Waals surface area (Å²) in [6, 6.07) is 12.7. The second-order valence-electron chi connectivity index (χ2n) is 6.81. The number of benzene rings is 1. The number of anilines is 1. The Morgan fingerprint density at radius 1 is 1.13 bits per heavy atom. The monoisotopic (exact) mass is 422 g/mol. The number of carbonyl (C=O) groups is 2. The largest absolute Gasteiger partial charge is 0.348 e. The van der Waals surface area contributed by atoms with Gasteiger partial charge in [-0.3, -0.25) is 19.6 Å². The van der Waals surface area contributed by atoms with E-state index in [9.17, 15) is 9.59 Å². The Morgan fingerprint density at radius 2 is 1.97 bits per heavy atom. The SMILES string of the molecule is CCCN(C(C)=O)c1ccc(-c2ccc(C(=O)NCc3cccnc3)cn2)cc1Cl. The molecule has 0 saturated carbocycles. The second kappa shape index (κ2) is 9.98. The molecule has 0 saturated heterocycles. The standard InChI is InChI=1S/C23H23ClN4O2/c1-3-11-28(16(2)29)22-9-7-18(12-20(22)24)21-8-6-19(15-26-21)23(30)27-14-17-5-4-10-25-13-17/h4-10,12-13,15H,3,11,14H2,1-2H3,(H,27,30). The van der Waals surface area contributed by atoms with Crippen LogP contribution in [0, 0.1) is 0 Å². The molecular weight excluding hydrogens is 400 g/mol. The van der Waals surface area contributed by atoms with E-state index >= 15 is 0 Å². The fourth-order valence-electron chi connectivity index (χ4n) is 3.04. The minimum absolute atomic E-state index is 0.0497. The molecule has 3 aromatic rings. The van der Waals surface area contributed by atoms with Crippen LogP contribution in [0.4, 0.5) is 5.69 Å². The minimum atomic E-state index is -0.206. The second-order valence-corrected chi connectivity index (χ2v) is 7.22. The fourth-order valence-corrected chi connectivity index (χ4v) is 3.32. The highest BCUT2D eigenvalue weighted by atomic mass is 35.5. The first-order chi connectivity index (χ1) is 14.5. The number of pyridine rings is 2. The van der Waals surface area contributed by atoms with Gasteiger partial charge in [0.25, 0.3) is 5.91 Å². The van der Waals surface area contributed by atoms with Gasteiger partial charge in [0.05, 0.1) is 22.0 Å². The normalized spacial score (nSPS) is 10.5. The van der Waals surface area contributed by atoms with Gasteiger partial charge in [0.1, 0.15) is 0 Å². The molecule has 2 heterocycles. The molecule has 3 rings (SSSR count). The molecular formula is C23H23ClN4O2. The molecule has 0 fully saturated rings. The zero-order valence-electron chi connectivity index (χ0n) is 16.9. The molecule has 2 amide bonds. The van der Waals surface area contributed by atoms with Crippen LogP contribution in [0.15, 0.2) is 61.1 Å². The van der Waals surface area contributed by atoms with Crippen molar-refractivity contribution in [3.63, 3.8) is 0 Å². The Labute approximate surface area is 180 Å². The maximum atomic E-state index is 12.3. The van der Waals surface area contributed by atoms with Crippen molar-refractivity contribution in [1.29, 1.82) is 0 Å². The Balaban J connectivity index is 1.72. The van der Waals surface area contributed by atoms with Crippen molar-refractivity contribution in [2.45, 2.75) is 26.8 Å². The molecule has 1 N–H and O–H groups in total. The molecule has 6 nitrogen and oxygen atoms in total. The molecule has 0 aliphatic rings. The Kier molecular flexibility index (Phi) is 7.14. The highest BCUT2D eigenvalue weighted by Crippen LogP contribution is 2.31. The molecule has 1 aromatic carbocycles. The Morgan fingerprint density at radius 3 is 2.57 bits per heavy atom. The number of aromatic nitrogens is 2. The number of rotatable bonds is 7. The van der Waals surface area contributed by atoms with Crippen molar-refractivity contribution in [2.75, 3.05) is 11.4 Å². The summed E-state index contributed by atoms with van der Waals surface area (Å²) in [6.45, 7) is 4.54. The minimum Gasteiger partial charge on any atom is -0.348 e. The van der Waals surface area contributed by atoms with E-state index in [1.807, 2.05) is 31.2 Å². The van der Waals surface area contributed by atoms with Crippen molar-refractivity contribution >= 4 is 29.1 Å². The van der Waals surface area contributed by atoms with E-state index in [0.717, 1.165) is 17.5 Å². The van der Waals surface area contributed by atoms with E-state index in [0.29, 0.717) is 35.1 Å². The number of nitrogens with one attached hydrogen (secondary N) is 1. The first-order valence-corrected chi connectivity index (χ1v) is 10.1. The van der Waals surface area contributed by atoms with Crippen molar-refractivity contribution in [1.82, 2.24) is 15.3 Å². The highest BCUT2D eigenvalue weighted by molar-refractivity contribution is 6.34. The maximum Gasteiger partial charge on any atom is 0.253 e. The zero-order valence-corrected chi connectivity index (χ0v) is 17.7. The molecule has 7 heteroatoms. The van der Waals surface area contributed by atoms with E-state index in [1.54, 1.807) is 35.5 Å². The van der Waals surface area contributed by atoms with Crippen LogP contribution in [-0.2, 0) is 11.3 Å². The van der Waals surface area contributed by atoms with Crippen LogP contribution in [0.3, 0.4) is 0 Å². The summed E-state index contributed by atoms with van der Waals surface area (Å²) < 4.78 is 0. The van der Waals surface area contributed by atoms with E-state index < -0.39 is 0 Å². The predicted molar refractivity (Wildman–Crippen MR) is 118 cm³/mol. The molecule has 0 radical (unpaired) electrons. The van der Waals surface area contributed by atoms with Crippen LogP contribution < -0.4 is 10.2 Å². The summed E-state index contributed by atoms with van der Waals surface area (Å²) in [4.78, 5) is 34.3.